The largest absolute Gasteiger partial charge is 0.397 e. The monoisotopic (exact) mass is 726 g/mol. The average molecular weight is 727 g/mol. The van der Waals surface area contributed by atoms with Crippen LogP contribution in [-0.4, -0.2) is 41.5 Å². The quantitative estimate of drug-likeness (QED) is 0.0601. The molecule has 3 unspecified atom stereocenters. The fourth-order valence-electron chi connectivity index (χ4n) is 6.72. The molecule has 0 bridgehead atoms. The molecular formula is C45H50N4O5. The first-order valence-corrected chi connectivity index (χ1v) is 18.7. The molecule has 2 amide bonds. The van der Waals surface area contributed by atoms with Crippen LogP contribution in [0.15, 0.2) is 127 Å². The number of nitrogens with one attached hydrogen (secondary N) is 2. The van der Waals surface area contributed by atoms with Gasteiger partial charge in [-0.15, -0.1) is 0 Å². The lowest BCUT2D eigenvalue weighted by Gasteiger charge is -2.38. The molecule has 6 rings (SSSR count). The van der Waals surface area contributed by atoms with E-state index in [4.69, 9.17) is 15.2 Å². The number of unbranched alkanes of at least 4 members (excludes halogenated alkanes) is 1. The van der Waals surface area contributed by atoms with Crippen LogP contribution in [0.1, 0.15) is 72.3 Å². The van der Waals surface area contributed by atoms with Crippen molar-refractivity contribution < 1.29 is 24.2 Å². The van der Waals surface area contributed by atoms with E-state index in [2.05, 4.69) is 83.2 Å². The summed E-state index contributed by atoms with van der Waals surface area (Å²) in [6, 6.07) is 42.0. The van der Waals surface area contributed by atoms with Crippen LogP contribution in [0.2, 0.25) is 0 Å². The Balaban J connectivity index is 1.03. The van der Waals surface area contributed by atoms with Gasteiger partial charge >= 0.3 is 0 Å². The number of hydrogen-bond donors (Lipinski definition) is 4. The third kappa shape index (κ3) is 11.1. The lowest BCUT2D eigenvalue weighted by atomic mass is 9.99. The number of aliphatic hydroxyl groups excluding tert-OH is 1. The second-order valence-corrected chi connectivity index (χ2v) is 14.0. The second kappa shape index (κ2) is 19.1. The molecule has 280 valence electrons. The van der Waals surface area contributed by atoms with Gasteiger partial charge in [0.15, 0.2) is 6.29 Å². The summed E-state index contributed by atoms with van der Waals surface area (Å²) in [4.78, 5) is 27.1. The van der Waals surface area contributed by atoms with E-state index >= 15 is 0 Å². The minimum atomic E-state index is -0.538. The Morgan fingerprint density at radius 2 is 1.43 bits per heavy atom. The van der Waals surface area contributed by atoms with Crippen LogP contribution in [0.4, 0.5) is 11.4 Å². The number of rotatable bonds is 16. The molecule has 1 heterocycles. The number of aliphatic hydroxyl groups is 1. The van der Waals surface area contributed by atoms with E-state index < -0.39 is 6.29 Å². The molecule has 9 nitrogen and oxygen atoms in total. The SMILES string of the molecule is CN(Cc1ccccc1)CC1CC(c2ccc(CO)cc2)OC(c2ccc(-c3cccc(CNC(=O)CCCCC(=O)Nc4ccccc4N)c3)cc2)O1. The second-order valence-electron chi connectivity index (χ2n) is 14.0. The number of carbonyl (C=O) groups excluding carboxylic acids is 2. The third-order valence-electron chi connectivity index (χ3n) is 9.65. The minimum absolute atomic E-state index is 0.00387. The van der Waals surface area contributed by atoms with Crippen molar-refractivity contribution in [2.24, 2.45) is 0 Å². The Morgan fingerprint density at radius 3 is 2.17 bits per heavy atom. The molecule has 0 saturated carbocycles. The van der Waals surface area contributed by atoms with Gasteiger partial charge in [-0.1, -0.05) is 109 Å². The maximum Gasteiger partial charge on any atom is 0.224 e. The van der Waals surface area contributed by atoms with Gasteiger partial charge in [-0.3, -0.25) is 14.5 Å². The molecule has 54 heavy (non-hydrogen) atoms. The highest BCUT2D eigenvalue weighted by molar-refractivity contribution is 5.93. The van der Waals surface area contributed by atoms with Crippen molar-refractivity contribution in [3.8, 4) is 11.1 Å². The number of nitrogens with zero attached hydrogens (tertiary/aromatic N) is 1. The van der Waals surface area contributed by atoms with Gasteiger partial charge in [0.05, 0.1) is 30.2 Å². The number of nitrogens with two attached hydrogens (primary N) is 1. The van der Waals surface area contributed by atoms with Crippen LogP contribution in [-0.2, 0) is 38.8 Å². The van der Waals surface area contributed by atoms with Crippen LogP contribution < -0.4 is 16.4 Å². The van der Waals surface area contributed by atoms with Gasteiger partial charge in [0, 0.05) is 44.5 Å². The van der Waals surface area contributed by atoms with Gasteiger partial charge in [0.25, 0.3) is 0 Å². The normalized spacial score (nSPS) is 16.9. The zero-order valence-electron chi connectivity index (χ0n) is 30.8. The molecule has 5 aromatic rings. The van der Waals surface area contributed by atoms with E-state index in [0.29, 0.717) is 43.6 Å². The lowest BCUT2D eigenvalue weighted by Crippen LogP contribution is -2.37. The van der Waals surface area contributed by atoms with E-state index in [1.54, 1.807) is 12.1 Å². The van der Waals surface area contributed by atoms with Gasteiger partial charge in [0.2, 0.25) is 11.8 Å². The zero-order valence-corrected chi connectivity index (χ0v) is 30.8. The van der Waals surface area contributed by atoms with Crippen molar-refractivity contribution in [1.82, 2.24) is 10.2 Å². The first-order chi connectivity index (χ1) is 26.3. The lowest BCUT2D eigenvalue weighted by molar-refractivity contribution is -0.252. The van der Waals surface area contributed by atoms with Gasteiger partial charge in [-0.05, 0) is 71.5 Å². The maximum absolute atomic E-state index is 12.6. The molecular weight excluding hydrogens is 677 g/mol. The van der Waals surface area contributed by atoms with Crippen molar-refractivity contribution >= 4 is 23.2 Å². The van der Waals surface area contributed by atoms with Crippen LogP contribution in [0.3, 0.4) is 0 Å². The van der Waals surface area contributed by atoms with Crippen LogP contribution in [0, 0.1) is 0 Å². The molecule has 0 radical (unpaired) electrons. The van der Waals surface area contributed by atoms with Crippen LogP contribution in [0.5, 0.6) is 0 Å². The van der Waals surface area contributed by atoms with Gasteiger partial charge in [-0.25, -0.2) is 0 Å². The Hall–Kier alpha value is -5.32. The van der Waals surface area contributed by atoms with Crippen LogP contribution in [0.25, 0.3) is 11.1 Å². The van der Waals surface area contributed by atoms with Gasteiger partial charge < -0.3 is 30.9 Å². The molecule has 3 atom stereocenters. The highest BCUT2D eigenvalue weighted by Gasteiger charge is 2.32. The fourth-order valence-corrected chi connectivity index (χ4v) is 6.72. The summed E-state index contributed by atoms with van der Waals surface area (Å²) in [5, 5.41) is 15.4. The number of likely N-dealkylation sites (N-methyl/N-ethyl adjacent to an activating group) is 1. The summed E-state index contributed by atoms with van der Waals surface area (Å²) in [6.45, 7) is 2.00. The number of ether oxygens (including phenoxy) is 2. The number of anilines is 2. The molecule has 5 aromatic carbocycles. The standard InChI is InChI=1S/C45H50N4O5/c1-49(29-32-10-3-2-4-11-32)30-39-27-42(36-20-18-33(31-50)19-21-36)54-45(53-39)37-24-22-35(23-25-37)38-13-9-12-34(26-38)28-47-43(51)16-7-8-17-44(52)48-41-15-6-5-14-40(41)46/h2-6,9-15,18-26,39,42,45,50H,7-8,16-17,27-31,46H2,1H3,(H,47,51)(H,48,52). The predicted octanol–water partition coefficient (Wildman–Crippen LogP) is 7.92. The Labute approximate surface area is 318 Å². The highest BCUT2D eigenvalue weighted by atomic mass is 16.7. The summed E-state index contributed by atoms with van der Waals surface area (Å²) in [6.07, 6.45) is 1.88. The number of benzene rings is 5. The molecule has 1 saturated heterocycles. The van der Waals surface area contributed by atoms with E-state index in [1.807, 2.05) is 54.6 Å². The van der Waals surface area contributed by atoms with Gasteiger partial charge in [0.1, 0.15) is 0 Å². The van der Waals surface area contributed by atoms with E-state index in [9.17, 15) is 14.7 Å². The smallest absolute Gasteiger partial charge is 0.224 e. The van der Waals surface area contributed by atoms with E-state index in [1.165, 1.54) is 5.56 Å². The maximum atomic E-state index is 12.6. The van der Waals surface area contributed by atoms with E-state index in [0.717, 1.165) is 52.9 Å². The average Bonchev–Trinajstić information content (AvgIpc) is 3.20. The molecule has 0 aliphatic carbocycles. The Morgan fingerprint density at radius 1 is 0.741 bits per heavy atom. The molecule has 1 fully saturated rings. The van der Waals surface area contributed by atoms with Crippen molar-refractivity contribution in [2.75, 3.05) is 24.6 Å². The predicted molar refractivity (Wildman–Crippen MR) is 213 cm³/mol. The molecule has 1 aliphatic heterocycles. The molecule has 0 aromatic heterocycles. The third-order valence-corrected chi connectivity index (χ3v) is 9.65. The molecule has 1 aliphatic rings. The zero-order chi connectivity index (χ0) is 37.7. The summed E-state index contributed by atoms with van der Waals surface area (Å²) < 4.78 is 13.2. The van der Waals surface area contributed by atoms with Crippen molar-refractivity contribution in [2.45, 2.75) is 70.3 Å². The molecule has 5 N–H and O–H groups in total. The van der Waals surface area contributed by atoms with Crippen LogP contribution >= 0.6 is 0 Å². The van der Waals surface area contributed by atoms with E-state index in [-0.39, 0.29) is 30.6 Å². The van der Waals surface area contributed by atoms with Crippen molar-refractivity contribution in [3.63, 3.8) is 0 Å². The first-order valence-electron chi connectivity index (χ1n) is 18.7. The number of para-hydroxylation sites is 2. The molecule has 0 spiro atoms. The highest BCUT2D eigenvalue weighted by Crippen LogP contribution is 2.38. The summed E-state index contributed by atoms with van der Waals surface area (Å²) >= 11 is 0. The summed E-state index contributed by atoms with van der Waals surface area (Å²) in [5.41, 5.74) is 14.3. The number of carbonyl (C=O) groups is 2. The topological polar surface area (TPSA) is 126 Å². The van der Waals surface area contributed by atoms with Crippen molar-refractivity contribution in [3.05, 3.63) is 155 Å². The number of hydrogen-bond acceptors (Lipinski definition) is 7. The number of amides is 2. The molecule has 9 heteroatoms. The van der Waals surface area contributed by atoms with Crippen molar-refractivity contribution in [1.29, 1.82) is 0 Å². The summed E-state index contributed by atoms with van der Waals surface area (Å²) in [5.74, 6) is -0.157. The Bertz CT molecular complexity index is 1950. The fraction of sp³-hybridized carbons (Fsp3) is 0.289. The number of nitrogen functional groups attached to an aromatic ring is 1. The minimum Gasteiger partial charge on any atom is -0.397 e. The van der Waals surface area contributed by atoms with Gasteiger partial charge in [-0.2, -0.15) is 0 Å². The summed E-state index contributed by atoms with van der Waals surface area (Å²) in [7, 11) is 2.12. The first kappa shape index (κ1) is 38.4. The Kier molecular flexibility index (Phi) is 13.6.